The van der Waals surface area contributed by atoms with Crippen molar-refractivity contribution in [1.82, 2.24) is 15.2 Å². The lowest BCUT2D eigenvalue weighted by Crippen LogP contribution is -2.36. The van der Waals surface area contributed by atoms with E-state index in [1.54, 1.807) is 18.2 Å². The number of para-hydroxylation sites is 1. The van der Waals surface area contributed by atoms with E-state index in [1.165, 1.54) is 35.7 Å². The molecule has 1 aliphatic heterocycles. The maximum atomic E-state index is 12.7. The first kappa shape index (κ1) is 19.8. The van der Waals surface area contributed by atoms with Crippen LogP contribution in [0.3, 0.4) is 0 Å². The molecule has 0 aliphatic carbocycles. The largest absolute Gasteiger partial charge is 0.447 e. The van der Waals surface area contributed by atoms with Gasteiger partial charge in [-0.15, -0.1) is 10.2 Å². The lowest BCUT2D eigenvalue weighted by Gasteiger charge is -2.29. The van der Waals surface area contributed by atoms with Crippen molar-refractivity contribution in [1.29, 1.82) is 0 Å². The van der Waals surface area contributed by atoms with Gasteiger partial charge in [-0.3, -0.25) is 19.8 Å². The number of nitrogens with zero attached hydrogens (tertiary/aromatic N) is 5. The molecule has 0 N–H and O–H groups in total. The Kier molecular flexibility index (Phi) is 5.32. The van der Waals surface area contributed by atoms with Crippen molar-refractivity contribution in [2.75, 3.05) is 10.7 Å². The standard InChI is InChI=1S/C20H17N5O4S/c1-3-30-20-21-18-17(22-23-20)15-6-4-5-7-16(15)24(12(2)26)19(29-18)13-8-10-14(11-9-13)25(27)28/h4-11,19H,3H2,1-2H3/t19-/m1/s1. The Bertz CT molecular complexity index is 1120. The number of carbonyl (C=O) groups is 1. The van der Waals surface area contributed by atoms with E-state index in [0.717, 1.165) is 5.75 Å². The molecule has 0 saturated carbocycles. The number of rotatable bonds is 4. The molecule has 0 fully saturated rings. The number of nitro benzene ring substituents is 1. The summed E-state index contributed by atoms with van der Waals surface area (Å²) in [6.45, 7) is 3.42. The van der Waals surface area contributed by atoms with Crippen LogP contribution in [0.15, 0.2) is 53.7 Å². The summed E-state index contributed by atoms with van der Waals surface area (Å²) >= 11 is 1.43. The molecule has 0 saturated heterocycles. The first-order valence-corrected chi connectivity index (χ1v) is 10.2. The Balaban J connectivity index is 1.90. The predicted molar refractivity (Wildman–Crippen MR) is 111 cm³/mol. The third-order valence-corrected chi connectivity index (χ3v) is 5.23. The van der Waals surface area contributed by atoms with Gasteiger partial charge in [-0.25, -0.2) is 0 Å². The molecule has 10 heteroatoms. The summed E-state index contributed by atoms with van der Waals surface area (Å²) in [5.41, 5.74) is 2.22. The number of amides is 1. The van der Waals surface area contributed by atoms with Gasteiger partial charge in [0.05, 0.1) is 10.6 Å². The van der Waals surface area contributed by atoms with E-state index >= 15 is 0 Å². The van der Waals surface area contributed by atoms with Crippen LogP contribution >= 0.6 is 11.8 Å². The molecular formula is C20H17N5O4S. The first-order chi connectivity index (χ1) is 14.5. The van der Waals surface area contributed by atoms with Crippen molar-refractivity contribution in [2.24, 2.45) is 0 Å². The summed E-state index contributed by atoms with van der Waals surface area (Å²) in [6, 6.07) is 13.2. The van der Waals surface area contributed by atoms with Crippen molar-refractivity contribution in [3.05, 3.63) is 64.2 Å². The quantitative estimate of drug-likeness (QED) is 0.352. The van der Waals surface area contributed by atoms with Crippen LogP contribution < -0.4 is 9.64 Å². The molecule has 3 aromatic rings. The lowest BCUT2D eigenvalue weighted by molar-refractivity contribution is -0.384. The average Bonchev–Trinajstić information content (AvgIpc) is 2.88. The molecule has 1 amide bonds. The van der Waals surface area contributed by atoms with Gasteiger partial charge in [0.25, 0.3) is 5.69 Å². The molecule has 1 aromatic heterocycles. The van der Waals surface area contributed by atoms with Crippen LogP contribution in [-0.2, 0) is 4.79 Å². The Morgan fingerprint density at radius 1 is 1.20 bits per heavy atom. The highest BCUT2D eigenvalue weighted by atomic mass is 32.2. The maximum absolute atomic E-state index is 12.7. The number of thioether (sulfide) groups is 1. The highest BCUT2D eigenvalue weighted by Gasteiger charge is 2.34. The van der Waals surface area contributed by atoms with E-state index in [9.17, 15) is 14.9 Å². The number of fused-ring (bicyclic) bond motifs is 3. The minimum absolute atomic E-state index is 0.0480. The molecule has 2 heterocycles. The van der Waals surface area contributed by atoms with Crippen molar-refractivity contribution >= 4 is 29.0 Å². The molecule has 2 aromatic carbocycles. The first-order valence-electron chi connectivity index (χ1n) is 9.17. The van der Waals surface area contributed by atoms with Gasteiger partial charge in [-0.2, -0.15) is 4.98 Å². The zero-order valence-electron chi connectivity index (χ0n) is 16.2. The molecule has 0 unspecified atom stereocenters. The van der Waals surface area contributed by atoms with Gasteiger partial charge >= 0.3 is 0 Å². The summed E-state index contributed by atoms with van der Waals surface area (Å²) in [7, 11) is 0. The van der Waals surface area contributed by atoms with Crippen LogP contribution in [0.1, 0.15) is 25.6 Å². The monoisotopic (exact) mass is 423 g/mol. The van der Waals surface area contributed by atoms with Crippen LogP contribution in [0, 0.1) is 10.1 Å². The van der Waals surface area contributed by atoms with Crippen LogP contribution in [0.2, 0.25) is 0 Å². The van der Waals surface area contributed by atoms with Gasteiger partial charge in [0.15, 0.2) is 5.69 Å². The normalized spacial score (nSPS) is 14.9. The number of hydrogen-bond donors (Lipinski definition) is 0. The molecular weight excluding hydrogens is 406 g/mol. The zero-order chi connectivity index (χ0) is 21.3. The molecule has 0 bridgehead atoms. The van der Waals surface area contributed by atoms with E-state index in [4.69, 9.17) is 4.74 Å². The molecule has 30 heavy (non-hydrogen) atoms. The Labute approximate surface area is 176 Å². The second kappa shape index (κ2) is 8.07. The maximum Gasteiger partial charge on any atom is 0.269 e. The number of aromatic nitrogens is 3. The smallest absolute Gasteiger partial charge is 0.269 e. The third-order valence-electron chi connectivity index (χ3n) is 4.51. The topological polar surface area (TPSA) is 111 Å². The fraction of sp³-hybridized carbons (Fsp3) is 0.200. The molecule has 9 nitrogen and oxygen atoms in total. The molecule has 1 atom stereocenters. The van der Waals surface area contributed by atoms with E-state index in [2.05, 4.69) is 15.2 Å². The average molecular weight is 423 g/mol. The minimum Gasteiger partial charge on any atom is -0.447 e. The van der Waals surface area contributed by atoms with E-state index in [0.29, 0.717) is 27.7 Å². The number of benzene rings is 2. The Morgan fingerprint density at radius 3 is 2.60 bits per heavy atom. The molecule has 1 aliphatic rings. The van der Waals surface area contributed by atoms with Crippen molar-refractivity contribution in [2.45, 2.75) is 25.2 Å². The predicted octanol–water partition coefficient (Wildman–Crippen LogP) is 4.00. The van der Waals surface area contributed by atoms with Crippen molar-refractivity contribution < 1.29 is 14.5 Å². The minimum atomic E-state index is -0.873. The number of carbonyl (C=O) groups excluding carboxylic acids is 1. The Hall–Kier alpha value is -3.53. The summed E-state index contributed by atoms with van der Waals surface area (Å²) < 4.78 is 6.20. The highest BCUT2D eigenvalue weighted by Crippen LogP contribution is 2.43. The second-order valence-corrected chi connectivity index (χ2v) is 7.64. The lowest BCUT2D eigenvalue weighted by atomic mass is 10.1. The number of anilines is 1. The summed E-state index contributed by atoms with van der Waals surface area (Å²) in [5.74, 6) is 0.762. The van der Waals surface area contributed by atoms with E-state index in [-0.39, 0.29) is 17.5 Å². The van der Waals surface area contributed by atoms with Gasteiger partial charge in [0.2, 0.25) is 23.2 Å². The van der Waals surface area contributed by atoms with Gasteiger partial charge in [-0.05, 0) is 24.0 Å². The van der Waals surface area contributed by atoms with Gasteiger partial charge < -0.3 is 4.74 Å². The van der Waals surface area contributed by atoms with E-state index in [1.807, 2.05) is 25.1 Å². The summed E-state index contributed by atoms with van der Waals surface area (Å²) in [6.07, 6.45) is -0.873. The van der Waals surface area contributed by atoms with Crippen LogP contribution in [0.4, 0.5) is 11.4 Å². The molecule has 0 spiro atoms. The van der Waals surface area contributed by atoms with Crippen LogP contribution in [-0.4, -0.2) is 31.8 Å². The summed E-state index contributed by atoms with van der Waals surface area (Å²) in [5, 5.41) is 20.0. The molecule has 0 radical (unpaired) electrons. The van der Waals surface area contributed by atoms with Crippen molar-refractivity contribution in [3.63, 3.8) is 0 Å². The zero-order valence-corrected chi connectivity index (χ0v) is 17.0. The van der Waals surface area contributed by atoms with Gasteiger partial charge in [0.1, 0.15) is 0 Å². The second-order valence-electron chi connectivity index (χ2n) is 6.41. The summed E-state index contributed by atoms with van der Waals surface area (Å²) in [4.78, 5) is 29.2. The SMILES string of the molecule is CCSc1nnc2c(n1)O[C@H](c1ccc([N+](=O)[O-])cc1)N(C(C)=O)c1ccccc1-2. The fourth-order valence-corrected chi connectivity index (χ4v) is 3.72. The third kappa shape index (κ3) is 3.57. The Morgan fingerprint density at radius 2 is 1.93 bits per heavy atom. The molecule has 4 rings (SSSR count). The van der Waals surface area contributed by atoms with E-state index < -0.39 is 11.2 Å². The van der Waals surface area contributed by atoms with Crippen molar-refractivity contribution in [3.8, 4) is 17.1 Å². The number of hydrogen-bond acceptors (Lipinski definition) is 8. The number of ether oxygens (including phenoxy) is 1. The number of non-ortho nitro benzene ring substituents is 1. The van der Waals surface area contributed by atoms with Crippen LogP contribution in [0.5, 0.6) is 5.88 Å². The number of nitro groups is 1. The van der Waals surface area contributed by atoms with Gasteiger partial charge in [0, 0.05) is 30.2 Å². The fourth-order valence-electron chi connectivity index (χ4n) is 3.22. The van der Waals surface area contributed by atoms with Crippen LogP contribution in [0.25, 0.3) is 11.3 Å². The van der Waals surface area contributed by atoms with Gasteiger partial charge in [-0.1, -0.05) is 36.9 Å². The highest BCUT2D eigenvalue weighted by molar-refractivity contribution is 7.99. The molecule has 152 valence electrons.